The van der Waals surface area contributed by atoms with Gasteiger partial charge in [-0.05, 0) is 48.4 Å². The lowest BCUT2D eigenvalue weighted by Gasteiger charge is -2.13. The van der Waals surface area contributed by atoms with E-state index in [-0.39, 0.29) is 5.91 Å². The van der Waals surface area contributed by atoms with Crippen molar-refractivity contribution < 1.29 is 19.1 Å². The molecule has 0 fully saturated rings. The molecule has 0 aliphatic rings. The number of amides is 1. The van der Waals surface area contributed by atoms with Crippen LogP contribution in [0.5, 0.6) is 11.5 Å². The molecule has 5 nitrogen and oxygen atoms in total. The number of carbonyl (C=O) groups is 2. The molecule has 0 aliphatic carbocycles. The number of ether oxygens (including phenoxy) is 2. The summed E-state index contributed by atoms with van der Waals surface area (Å²) in [6.45, 7) is 6.36. The average molecular weight is 420 g/mol. The van der Waals surface area contributed by atoms with Gasteiger partial charge in [0, 0.05) is 16.6 Å². The van der Waals surface area contributed by atoms with Crippen LogP contribution in [0, 0.1) is 5.92 Å². The second-order valence-electron chi connectivity index (χ2n) is 6.16. The van der Waals surface area contributed by atoms with Crippen LogP contribution >= 0.6 is 15.9 Å². The molecular weight excluding hydrogens is 398 g/mol. The van der Waals surface area contributed by atoms with E-state index in [0.29, 0.717) is 41.7 Å². The molecule has 0 unspecified atom stereocenters. The molecule has 0 heterocycles. The number of esters is 1. The maximum atomic E-state index is 12.5. The van der Waals surface area contributed by atoms with E-state index >= 15 is 0 Å². The van der Waals surface area contributed by atoms with E-state index in [1.165, 1.54) is 0 Å². The summed E-state index contributed by atoms with van der Waals surface area (Å²) in [7, 11) is 0. The van der Waals surface area contributed by atoms with Gasteiger partial charge in [0.25, 0.3) is 0 Å². The van der Waals surface area contributed by atoms with Gasteiger partial charge >= 0.3 is 5.97 Å². The molecule has 1 N–H and O–H groups in total. The quantitative estimate of drug-likeness (QED) is 0.503. The van der Waals surface area contributed by atoms with Crippen LogP contribution in [0.1, 0.15) is 37.6 Å². The fraction of sp³-hybridized carbons (Fsp3) is 0.300. The molecule has 0 aromatic heterocycles. The molecule has 6 heteroatoms. The fourth-order valence-corrected chi connectivity index (χ4v) is 2.42. The third-order valence-corrected chi connectivity index (χ3v) is 3.90. The fourth-order valence-electron chi connectivity index (χ4n) is 2.06. The highest BCUT2D eigenvalue weighted by molar-refractivity contribution is 9.10. The van der Waals surface area contributed by atoms with Crippen molar-refractivity contribution in [3.05, 3.63) is 52.5 Å². The van der Waals surface area contributed by atoms with Crippen LogP contribution in [0.4, 0.5) is 5.69 Å². The molecule has 0 aliphatic heterocycles. The molecule has 2 aromatic rings. The van der Waals surface area contributed by atoms with Gasteiger partial charge in [0.05, 0.1) is 6.61 Å². The van der Waals surface area contributed by atoms with Crippen molar-refractivity contribution in [3.63, 3.8) is 0 Å². The van der Waals surface area contributed by atoms with Crippen LogP contribution in [0.15, 0.2) is 46.9 Å². The summed E-state index contributed by atoms with van der Waals surface area (Å²) < 4.78 is 11.9. The summed E-state index contributed by atoms with van der Waals surface area (Å²) in [6.07, 6.45) is 0.402. The minimum atomic E-state index is -0.504. The lowest BCUT2D eigenvalue weighted by Crippen LogP contribution is -2.13. The van der Waals surface area contributed by atoms with Gasteiger partial charge in [-0.1, -0.05) is 36.7 Å². The molecule has 0 bridgehead atoms. The predicted octanol–water partition coefficient (Wildman–Crippen LogP) is 5.05. The third-order valence-electron chi connectivity index (χ3n) is 3.40. The summed E-state index contributed by atoms with van der Waals surface area (Å²) >= 11 is 3.37. The van der Waals surface area contributed by atoms with Crippen molar-refractivity contribution in [3.8, 4) is 11.5 Å². The van der Waals surface area contributed by atoms with Gasteiger partial charge in [-0.15, -0.1) is 0 Å². The summed E-state index contributed by atoms with van der Waals surface area (Å²) in [5, 5.41) is 2.74. The number of anilines is 1. The van der Waals surface area contributed by atoms with Crippen molar-refractivity contribution in [2.75, 3.05) is 11.9 Å². The number of halogens is 1. The van der Waals surface area contributed by atoms with E-state index in [0.717, 1.165) is 4.47 Å². The van der Waals surface area contributed by atoms with E-state index < -0.39 is 5.97 Å². The Morgan fingerprint density at radius 3 is 2.42 bits per heavy atom. The number of nitrogens with one attached hydrogen (secondary N) is 1. The Morgan fingerprint density at radius 2 is 1.81 bits per heavy atom. The summed E-state index contributed by atoms with van der Waals surface area (Å²) in [6, 6.07) is 11.9. The SMILES string of the molecule is CCC(=O)Nc1ccc(OC(=O)c2cc(Br)ccc2OCC(C)C)cc1. The number of rotatable bonds is 7. The second kappa shape index (κ2) is 9.38. The summed E-state index contributed by atoms with van der Waals surface area (Å²) in [4.78, 5) is 23.9. The Hall–Kier alpha value is -2.34. The number of benzene rings is 2. The Morgan fingerprint density at radius 1 is 1.12 bits per heavy atom. The molecule has 2 rings (SSSR count). The molecule has 0 spiro atoms. The van der Waals surface area contributed by atoms with Gasteiger partial charge in [0.15, 0.2) is 0 Å². The first kappa shape index (κ1) is 20.0. The highest BCUT2D eigenvalue weighted by atomic mass is 79.9. The molecule has 0 saturated heterocycles. The molecule has 1 amide bonds. The zero-order valence-electron chi connectivity index (χ0n) is 15.0. The lowest BCUT2D eigenvalue weighted by molar-refractivity contribution is -0.115. The summed E-state index contributed by atoms with van der Waals surface area (Å²) in [5.74, 6) is 0.637. The standard InChI is InChI=1S/C20H22BrNO4/c1-4-19(23)22-15-6-8-16(9-7-15)26-20(24)17-11-14(21)5-10-18(17)25-12-13(2)3/h5-11,13H,4,12H2,1-3H3,(H,22,23). The van der Waals surface area contributed by atoms with Gasteiger partial charge in [-0.3, -0.25) is 4.79 Å². The van der Waals surface area contributed by atoms with Crippen molar-refractivity contribution in [1.82, 2.24) is 0 Å². The van der Waals surface area contributed by atoms with Crippen molar-refractivity contribution in [2.24, 2.45) is 5.92 Å². The minimum absolute atomic E-state index is 0.0733. The monoisotopic (exact) mass is 419 g/mol. The van der Waals surface area contributed by atoms with Crippen molar-refractivity contribution in [2.45, 2.75) is 27.2 Å². The first-order valence-electron chi connectivity index (χ1n) is 8.43. The maximum Gasteiger partial charge on any atom is 0.347 e. The van der Waals surface area contributed by atoms with Gasteiger partial charge in [-0.25, -0.2) is 4.79 Å². The Balaban J connectivity index is 2.11. The molecule has 0 atom stereocenters. The van der Waals surface area contributed by atoms with Gasteiger partial charge in [0.2, 0.25) is 5.91 Å². The Bertz CT molecular complexity index is 772. The third kappa shape index (κ3) is 5.88. The number of hydrogen-bond donors (Lipinski definition) is 1. The van der Waals surface area contributed by atoms with Crippen LogP contribution < -0.4 is 14.8 Å². The molecule has 138 valence electrons. The van der Waals surface area contributed by atoms with Crippen LogP contribution in [-0.2, 0) is 4.79 Å². The van der Waals surface area contributed by atoms with Crippen LogP contribution in [0.3, 0.4) is 0 Å². The highest BCUT2D eigenvalue weighted by Crippen LogP contribution is 2.26. The van der Waals surface area contributed by atoms with E-state index in [1.807, 2.05) is 19.9 Å². The largest absolute Gasteiger partial charge is 0.492 e. The predicted molar refractivity (Wildman–Crippen MR) is 105 cm³/mol. The average Bonchev–Trinajstić information content (AvgIpc) is 2.62. The first-order valence-corrected chi connectivity index (χ1v) is 9.22. The molecule has 0 saturated carbocycles. The van der Waals surface area contributed by atoms with Gasteiger partial charge in [-0.2, -0.15) is 0 Å². The van der Waals surface area contributed by atoms with E-state index in [9.17, 15) is 9.59 Å². The first-order chi connectivity index (χ1) is 12.4. The van der Waals surface area contributed by atoms with E-state index in [4.69, 9.17) is 9.47 Å². The molecule has 0 radical (unpaired) electrons. The van der Waals surface area contributed by atoms with Crippen LogP contribution in [0.25, 0.3) is 0 Å². The zero-order chi connectivity index (χ0) is 19.1. The highest BCUT2D eigenvalue weighted by Gasteiger charge is 2.16. The van der Waals surface area contributed by atoms with E-state index in [1.54, 1.807) is 43.3 Å². The Labute approximate surface area is 161 Å². The second-order valence-corrected chi connectivity index (χ2v) is 7.08. The van der Waals surface area contributed by atoms with Crippen LogP contribution in [0.2, 0.25) is 0 Å². The topological polar surface area (TPSA) is 64.6 Å². The summed E-state index contributed by atoms with van der Waals surface area (Å²) in [5.41, 5.74) is 1.00. The maximum absolute atomic E-state index is 12.5. The normalized spacial score (nSPS) is 10.5. The van der Waals surface area contributed by atoms with E-state index in [2.05, 4.69) is 21.2 Å². The van der Waals surface area contributed by atoms with Crippen molar-refractivity contribution >= 4 is 33.5 Å². The lowest BCUT2D eigenvalue weighted by atomic mass is 10.2. The molecule has 2 aromatic carbocycles. The smallest absolute Gasteiger partial charge is 0.347 e. The van der Waals surface area contributed by atoms with Crippen molar-refractivity contribution in [1.29, 1.82) is 0 Å². The van der Waals surface area contributed by atoms with Crippen LogP contribution in [-0.4, -0.2) is 18.5 Å². The van der Waals surface area contributed by atoms with Gasteiger partial charge < -0.3 is 14.8 Å². The number of hydrogen-bond acceptors (Lipinski definition) is 4. The molecule has 26 heavy (non-hydrogen) atoms. The van der Waals surface area contributed by atoms with Gasteiger partial charge in [0.1, 0.15) is 17.1 Å². The zero-order valence-corrected chi connectivity index (χ0v) is 16.6. The molecular formula is C20H22BrNO4. The minimum Gasteiger partial charge on any atom is -0.492 e. The Kier molecular flexibility index (Phi) is 7.21. The number of carbonyl (C=O) groups excluding carboxylic acids is 2.